The van der Waals surface area contributed by atoms with E-state index in [2.05, 4.69) is 34.6 Å². The van der Waals surface area contributed by atoms with Gasteiger partial charge in [0.1, 0.15) is 12.4 Å². The Labute approximate surface area is 169 Å². The molecule has 1 amide bonds. The number of fused-ring (bicyclic) bond motifs is 3. The molecule has 0 saturated heterocycles. The van der Waals surface area contributed by atoms with Crippen molar-refractivity contribution in [3.05, 3.63) is 95.1 Å². The van der Waals surface area contributed by atoms with Gasteiger partial charge in [0.2, 0.25) is 0 Å². The molecule has 146 valence electrons. The molecule has 1 N–H and O–H groups in total. The fourth-order valence-electron chi connectivity index (χ4n) is 3.64. The summed E-state index contributed by atoms with van der Waals surface area (Å²) in [5.74, 6) is -0.373. The number of aromatic nitrogens is 1. The van der Waals surface area contributed by atoms with E-state index in [0.29, 0.717) is 0 Å². The Hall–Kier alpha value is -3.47. The summed E-state index contributed by atoms with van der Waals surface area (Å²) in [6, 6.07) is 19.4. The Morgan fingerprint density at radius 1 is 1.07 bits per heavy atom. The molecule has 29 heavy (non-hydrogen) atoms. The van der Waals surface area contributed by atoms with Gasteiger partial charge in [0.05, 0.1) is 5.69 Å². The summed E-state index contributed by atoms with van der Waals surface area (Å²) in [7, 11) is 0. The van der Waals surface area contributed by atoms with E-state index in [1.165, 1.54) is 28.3 Å². The highest BCUT2D eigenvalue weighted by molar-refractivity contribution is 5.79. The first-order chi connectivity index (χ1) is 14.1. The number of amides is 1. The smallest absolute Gasteiger partial charge is 0.407 e. The van der Waals surface area contributed by atoms with E-state index in [1.54, 1.807) is 25.1 Å². The lowest BCUT2D eigenvalue weighted by Gasteiger charge is -2.14. The second-order valence-corrected chi connectivity index (χ2v) is 6.93. The number of pyridine rings is 1. The topological polar surface area (TPSA) is 51.2 Å². The number of benzene rings is 2. The first-order valence-corrected chi connectivity index (χ1v) is 9.52. The predicted molar refractivity (Wildman–Crippen MR) is 111 cm³/mol. The summed E-state index contributed by atoms with van der Waals surface area (Å²) < 4.78 is 19.1. The van der Waals surface area contributed by atoms with Crippen LogP contribution in [0.3, 0.4) is 0 Å². The van der Waals surface area contributed by atoms with Crippen LogP contribution in [0, 0.1) is 12.7 Å². The van der Waals surface area contributed by atoms with Crippen molar-refractivity contribution < 1.29 is 13.9 Å². The van der Waals surface area contributed by atoms with Crippen LogP contribution in [0.2, 0.25) is 0 Å². The van der Waals surface area contributed by atoms with E-state index in [-0.39, 0.29) is 24.8 Å². The third-order valence-corrected chi connectivity index (χ3v) is 5.00. The molecule has 1 aliphatic carbocycles. The number of nitrogens with zero attached hydrogens (tertiary/aromatic N) is 1. The lowest BCUT2D eigenvalue weighted by atomic mass is 9.98. The molecule has 0 saturated carbocycles. The molecular formula is C24H21FN2O2. The third kappa shape index (κ3) is 4.04. The van der Waals surface area contributed by atoms with E-state index in [9.17, 15) is 9.18 Å². The molecular weight excluding hydrogens is 367 g/mol. The van der Waals surface area contributed by atoms with E-state index in [1.807, 2.05) is 24.3 Å². The fourth-order valence-corrected chi connectivity index (χ4v) is 3.64. The minimum atomic E-state index is -0.505. The van der Waals surface area contributed by atoms with Gasteiger partial charge >= 0.3 is 6.09 Å². The van der Waals surface area contributed by atoms with Crippen molar-refractivity contribution in [3.63, 3.8) is 0 Å². The lowest BCUT2D eigenvalue weighted by Crippen LogP contribution is -2.26. The molecule has 1 aromatic heterocycles. The van der Waals surface area contributed by atoms with Crippen LogP contribution in [0.1, 0.15) is 28.4 Å². The van der Waals surface area contributed by atoms with Gasteiger partial charge < -0.3 is 10.1 Å². The van der Waals surface area contributed by atoms with Gasteiger partial charge in [0.15, 0.2) is 0 Å². The first-order valence-electron chi connectivity index (χ1n) is 9.52. The highest BCUT2D eigenvalue weighted by Crippen LogP contribution is 2.44. The Morgan fingerprint density at radius 2 is 1.72 bits per heavy atom. The van der Waals surface area contributed by atoms with Gasteiger partial charge in [-0.15, -0.1) is 0 Å². The predicted octanol–water partition coefficient (Wildman–Crippen LogP) is 5.08. The number of nitrogens with one attached hydrogen (secondary N) is 1. The van der Waals surface area contributed by atoms with Crippen LogP contribution in [0.4, 0.5) is 9.18 Å². The van der Waals surface area contributed by atoms with Gasteiger partial charge in [-0.2, -0.15) is 0 Å². The molecule has 4 rings (SSSR count). The van der Waals surface area contributed by atoms with Crippen molar-refractivity contribution >= 4 is 12.2 Å². The number of rotatable bonds is 5. The molecule has 0 radical (unpaired) electrons. The summed E-state index contributed by atoms with van der Waals surface area (Å²) in [6.07, 6.45) is 2.69. The van der Waals surface area contributed by atoms with E-state index in [4.69, 9.17) is 4.74 Å². The summed E-state index contributed by atoms with van der Waals surface area (Å²) in [5.41, 5.74) is 5.69. The van der Waals surface area contributed by atoms with Crippen molar-refractivity contribution in [1.29, 1.82) is 0 Å². The number of alkyl carbamates (subject to hydrolysis) is 1. The molecule has 0 spiro atoms. The second-order valence-electron chi connectivity index (χ2n) is 6.93. The number of ether oxygens (including phenoxy) is 1. The average Bonchev–Trinajstić information content (AvgIpc) is 3.06. The second kappa shape index (κ2) is 8.27. The van der Waals surface area contributed by atoms with Crippen LogP contribution in [0.5, 0.6) is 0 Å². The summed E-state index contributed by atoms with van der Waals surface area (Å²) >= 11 is 0. The van der Waals surface area contributed by atoms with Gasteiger partial charge in [-0.3, -0.25) is 4.98 Å². The molecule has 5 heteroatoms. The number of halogens is 1. The van der Waals surface area contributed by atoms with Gasteiger partial charge in [0, 0.05) is 18.2 Å². The molecule has 0 aliphatic heterocycles. The molecule has 0 bridgehead atoms. The first kappa shape index (κ1) is 18.9. The van der Waals surface area contributed by atoms with E-state index >= 15 is 0 Å². The molecule has 0 unspecified atom stereocenters. The normalized spacial score (nSPS) is 12.6. The fraction of sp³-hybridized carbons (Fsp3) is 0.167. The van der Waals surface area contributed by atoms with Gasteiger partial charge in [-0.25, -0.2) is 9.18 Å². The zero-order valence-corrected chi connectivity index (χ0v) is 16.1. The molecule has 0 fully saturated rings. The molecule has 2 aromatic carbocycles. The SMILES string of the molecule is Cc1ccc(F)c(C=CCNC(=O)OCC2c3ccccc3-c3ccccc32)n1. The minimum Gasteiger partial charge on any atom is -0.449 e. The standard InChI is InChI=1S/C24H21FN2O2/c1-16-12-13-22(25)23(27-16)11-6-14-26-24(28)29-15-21-19-9-4-2-7-17(19)18-8-3-5-10-20(18)21/h2-13,21H,14-15H2,1H3,(H,26,28). The van der Waals surface area contributed by atoms with Crippen LogP contribution < -0.4 is 5.32 Å². The van der Waals surface area contributed by atoms with Gasteiger partial charge in [-0.1, -0.05) is 54.6 Å². The maximum Gasteiger partial charge on any atom is 0.407 e. The van der Waals surface area contributed by atoms with Crippen molar-refractivity contribution in [2.45, 2.75) is 12.8 Å². The van der Waals surface area contributed by atoms with E-state index < -0.39 is 11.9 Å². The monoisotopic (exact) mass is 388 g/mol. The Bertz CT molecular complexity index is 1030. The highest BCUT2D eigenvalue weighted by atomic mass is 19.1. The maximum absolute atomic E-state index is 13.7. The van der Waals surface area contributed by atoms with Crippen LogP contribution >= 0.6 is 0 Å². The van der Waals surface area contributed by atoms with E-state index in [0.717, 1.165) is 5.69 Å². The zero-order valence-electron chi connectivity index (χ0n) is 16.1. The molecule has 0 atom stereocenters. The Kier molecular flexibility index (Phi) is 5.38. The largest absolute Gasteiger partial charge is 0.449 e. The third-order valence-electron chi connectivity index (χ3n) is 5.00. The number of hydrogen-bond donors (Lipinski definition) is 1. The summed E-state index contributed by atoms with van der Waals surface area (Å²) in [5, 5.41) is 2.66. The molecule has 3 aromatic rings. The summed E-state index contributed by atoms with van der Waals surface area (Å²) in [6.45, 7) is 2.29. The van der Waals surface area contributed by atoms with Gasteiger partial charge in [0.25, 0.3) is 0 Å². The summed E-state index contributed by atoms with van der Waals surface area (Å²) in [4.78, 5) is 16.2. The maximum atomic E-state index is 13.7. The van der Waals surface area contributed by atoms with Crippen molar-refractivity contribution in [1.82, 2.24) is 10.3 Å². The number of aryl methyl sites for hydroxylation is 1. The lowest BCUT2D eigenvalue weighted by molar-refractivity contribution is 0.144. The number of carbonyl (C=O) groups is 1. The minimum absolute atomic E-state index is 0.0225. The van der Waals surface area contributed by atoms with Crippen molar-refractivity contribution in [2.75, 3.05) is 13.2 Å². The van der Waals surface area contributed by atoms with Gasteiger partial charge in [-0.05, 0) is 47.4 Å². The van der Waals surface area contributed by atoms with Crippen LogP contribution in [0.15, 0.2) is 66.7 Å². The Balaban J connectivity index is 1.34. The molecule has 4 nitrogen and oxygen atoms in total. The van der Waals surface area contributed by atoms with Crippen molar-refractivity contribution in [3.8, 4) is 11.1 Å². The van der Waals surface area contributed by atoms with Crippen LogP contribution in [-0.2, 0) is 4.74 Å². The quantitative estimate of drug-likeness (QED) is 0.663. The molecule has 1 heterocycles. The highest BCUT2D eigenvalue weighted by Gasteiger charge is 2.28. The number of hydrogen-bond acceptors (Lipinski definition) is 3. The average molecular weight is 388 g/mol. The van der Waals surface area contributed by atoms with Crippen LogP contribution in [0.25, 0.3) is 17.2 Å². The Morgan fingerprint density at radius 3 is 2.41 bits per heavy atom. The van der Waals surface area contributed by atoms with Crippen molar-refractivity contribution in [2.24, 2.45) is 0 Å². The number of carbonyl (C=O) groups excluding carboxylic acids is 1. The van der Waals surface area contributed by atoms with Crippen LogP contribution in [-0.4, -0.2) is 24.2 Å². The molecule has 1 aliphatic rings. The zero-order chi connectivity index (χ0) is 20.2.